The van der Waals surface area contributed by atoms with E-state index in [1.807, 2.05) is 37.3 Å². The molecule has 2 atom stereocenters. The zero-order valence-electron chi connectivity index (χ0n) is 16.3. The Morgan fingerprint density at radius 1 is 1.31 bits per heavy atom. The molecule has 148 valence electrons. The molecule has 0 radical (unpaired) electrons. The molecule has 0 bridgehead atoms. The third-order valence-corrected chi connectivity index (χ3v) is 6.20. The topological polar surface area (TPSA) is 76.1 Å². The summed E-state index contributed by atoms with van der Waals surface area (Å²) < 4.78 is 11.4. The van der Waals surface area contributed by atoms with Gasteiger partial charge in [-0.1, -0.05) is 18.2 Å². The van der Waals surface area contributed by atoms with E-state index in [1.54, 1.807) is 6.08 Å². The van der Waals surface area contributed by atoms with Gasteiger partial charge in [0.1, 0.15) is 11.9 Å². The molecule has 1 aromatic rings. The van der Waals surface area contributed by atoms with E-state index in [4.69, 9.17) is 9.47 Å². The maximum absolute atomic E-state index is 12.1. The Morgan fingerprint density at radius 2 is 2.10 bits per heavy atom. The number of carboxylic acid groups (broad SMARTS) is 1. The number of anilines is 1. The summed E-state index contributed by atoms with van der Waals surface area (Å²) in [4.78, 5) is 26.2. The van der Waals surface area contributed by atoms with Gasteiger partial charge in [0, 0.05) is 47.0 Å². The first kappa shape index (κ1) is 17.8. The molecule has 5 rings (SSSR count). The lowest BCUT2D eigenvalue weighted by atomic mass is 9.75. The quantitative estimate of drug-likeness (QED) is 0.853. The Balaban J connectivity index is 1.73. The predicted octanol–water partition coefficient (Wildman–Crippen LogP) is 3.22. The Labute approximate surface area is 168 Å². The lowest BCUT2D eigenvalue weighted by Crippen LogP contribution is -2.41. The molecule has 3 heterocycles. The summed E-state index contributed by atoms with van der Waals surface area (Å²) in [5.41, 5.74) is 4.16. The molecule has 1 N–H and O–H groups in total. The summed E-state index contributed by atoms with van der Waals surface area (Å²) in [6.07, 6.45) is 5.74. The number of carboxylic acids is 1. The number of allylic oxidation sites excluding steroid dienone is 3. The standard InChI is InChI=1S/C23H21NO5/c1-23(12-21(26)27)15-5-3-4-6-16(15)24-8-7-18-14(22(23)24)9-13-10-20(28-2)17(25)11-19(13)29-18/h3-6,9-11,18H,7-8,12H2,1-2H3,(H,26,27). The third-order valence-electron chi connectivity index (χ3n) is 6.20. The minimum absolute atomic E-state index is 0.00438. The van der Waals surface area contributed by atoms with Crippen LogP contribution in [0.4, 0.5) is 5.69 Å². The maximum Gasteiger partial charge on any atom is 0.304 e. The van der Waals surface area contributed by atoms with E-state index in [0.717, 1.165) is 41.1 Å². The van der Waals surface area contributed by atoms with Gasteiger partial charge in [0.2, 0.25) is 5.78 Å². The second kappa shape index (κ2) is 6.11. The SMILES string of the molecule is COC1=CC2=CC3=C4N(CCC3OC2=CC1=O)c1ccccc1C4(C)CC(=O)O. The number of nitrogens with zero attached hydrogens (tertiary/aromatic N) is 1. The summed E-state index contributed by atoms with van der Waals surface area (Å²) in [7, 11) is 1.47. The lowest BCUT2D eigenvalue weighted by Gasteiger charge is -2.40. The number of fused-ring (bicyclic) bond motifs is 5. The molecule has 6 nitrogen and oxygen atoms in total. The molecule has 0 aromatic heterocycles. The normalized spacial score (nSPS) is 27.0. The van der Waals surface area contributed by atoms with Gasteiger partial charge < -0.3 is 19.5 Å². The van der Waals surface area contributed by atoms with Crippen LogP contribution in [0, 0.1) is 0 Å². The zero-order chi connectivity index (χ0) is 20.3. The highest BCUT2D eigenvalue weighted by atomic mass is 16.5. The fourth-order valence-corrected chi connectivity index (χ4v) is 5.00. The first-order valence-electron chi connectivity index (χ1n) is 9.66. The second-order valence-electron chi connectivity index (χ2n) is 7.96. The number of hydrogen-bond donors (Lipinski definition) is 1. The first-order valence-corrected chi connectivity index (χ1v) is 9.66. The molecular formula is C23H21NO5. The van der Waals surface area contributed by atoms with Crippen LogP contribution in [-0.2, 0) is 24.5 Å². The minimum atomic E-state index is -0.839. The molecule has 0 spiro atoms. The largest absolute Gasteiger partial charge is 0.493 e. The van der Waals surface area contributed by atoms with E-state index in [-0.39, 0.29) is 24.1 Å². The molecule has 29 heavy (non-hydrogen) atoms. The fourth-order valence-electron chi connectivity index (χ4n) is 5.00. The van der Waals surface area contributed by atoms with Crippen LogP contribution >= 0.6 is 0 Å². The molecule has 0 saturated heterocycles. The molecular weight excluding hydrogens is 370 g/mol. The smallest absolute Gasteiger partial charge is 0.304 e. The minimum Gasteiger partial charge on any atom is -0.493 e. The molecule has 4 aliphatic rings. The van der Waals surface area contributed by atoms with E-state index < -0.39 is 11.4 Å². The number of benzene rings is 1. The van der Waals surface area contributed by atoms with Crippen LogP contribution < -0.4 is 4.90 Å². The van der Waals surface area contributed by atoms with Gasteiger partial charge >= 0.3 is 5.97 Å². The summed E-state index contributed by atoms with van der Waals surface area (Å²) in [5.74, 6) is -0.233. The van der Waals surface area contributed by atoms with Crippen molar-refractivity contribution in [2.24, 2.45) is 0 Å². The molecule has 0 fully saturated rings. The van der Waals surface area contributed by atoms with Crippen molar-refractivity contribution in [3.63, 3.8) is 0 Å². The van der Waals surface area contributed by atoms with Gasteiger partial charge in [-0.15, -0.1) is 0 Å². The highest BCUT2D eigenvalue weighted by Gasteiger charge is 2.50. The van der Waals surface area contributed by atoms with E-state index in [1.165, 1.54) is 13.2 Å². The number of methoxy groups -OCH3 is 1. The number of ether oxygens (including phenoxy) is 2. The van der Waals surface area contributed by atoms with Crippen LogP contribution in [0.15, 0.2) is 70.9 Å². The number of carbonyl (C=O) groups is 2. The molecule has 6 heteroatoms. The van der Waals surface area contributed by atoms with Gasteiger partial charge in [-0.25, -0.2) is 0 Å². The number of hydrogen-bond acceptors (Lipinski definition) is 5. The molecule has 3 aliphatic heterocycles. The van der Waals surface area contributed by atoms with Gasteiger partial charge in [-0.05, 0) is 30.7 Å². The summed E-state index contributed by atoms with van der Waals surface area (Å²) in [5, 5.41) is 9.67. The van der Waals surface area contributed by atoms with E-state index in [9.17, 15) is 14.7 Å². The summed E-state index contributed by atoms with van der Waals surface area (Å²) in [6, 6.07) is 8.01. The van der Waals surface area contributed by atoms with Crippen LogP contribution in [0.2, 0.25) is 0 Å². The Hall–Kier alpha value is -3.28. The number of para-hydroxylation sites is 1. The van der Waals surface area contributed by atoms with Crippen molar-refractivity contribution >= 4 is 17.4 Å². The van der Waals surface area contributed by atoms with Crippen LogP contribution in [0.1, 0.15) is 25.3 Å². The predicted molar refractivity (Wildman–Crippen MR) is 106 cm³/mol. The average molecular weight is 391 g/mol. The van der Waals surface area contributed by atoms with Gasteiger partial charge in [-0.2, -0.15) is 0 Å². The fraction of sp³-hybridized carbons (Fsp3) is 0.304. The van der Waals surface area contributed by atoms with Crippen molar-refractivity contribution < 1.29 is 24.2 Å². The number of ketones is 1. The molecule has 2 unspecified atom stereocenters. The van der Waals surface area contributed by atoms with Gasteiger partial charge in [0.05, 0.1) is 13.5 Å². The Morgan fingerprint density at radius 3 is 2.86 bits per heavy atom. The molecule has 1 aromatic carbocycles. The van der Waals surface area contributed by atoms with Gasteiger partial charge in [0.15, 0.2) is 5.76 Å². The van der Waals surface area contributed by atoms with Crippen molar-refractivity contribution in [1.82, 2.24) is 0 Å². The monoisotopic (exact) mass is 391 g/mol. The molecule has 0 saturated carbocycles. The van der Waals surface area contributed by atoms with E-state index in [0.29, 0.717) is 5.76 Å². The maximum atomic E-state index is 12.1. The van der Waals surface area contributed by atoms with Crippen molar-refractivity contribution in [3.8, 4) is 0 Å². The number of rotatable bonds is 3. The average Bonchev–Trinajstić information content (AvgIpc) is 2.94. The van der Waals surface area contributed by atoms with Crippen LogP contribution in [0.3, 0.4) is 0 Å². The highest BCUT2D eigenvalue weighted by molar-refractivity contribution is 6.05. The second-order valence-corrected chi connectivity index (χ2v) is 7.96. The third kappa shape index (κ3) is 2.48. The van der Waals surface area contributed by atoms with Crippen molar-refractivity contribution in [2.45, 2.75) is 31.3 Å². The van der Waals surface area contributed by atoms with Crippen LogP contribution in [0.5, 0.6) is 0 Å². The van der Waals surface area contributed by atoms with Crippen LogP contribution in [-0.4, -0.2) is 36.6 Å². The lowest BCUT2D eigenvalue weighted by molar-refractivity contribution is -0.138. The van der Waals surface area contributed by atoms with Gasteiger partial charge in [-0.3, -0.25) is 9.59 Å². The van der Waals surface area contributed by atoms with Crippen molar-refractivity contribution in [2.75, 3.05) is 18.6 Å². The highest BCUT2D eigenvalue weighted by Crippen LogP contribution is 2.54. The molecule has 0 amide bonds. The molecule has 1 aliphatic carbocycles. The zero-order valence-corrected chi connectivity index (χ0v) is 16.3. The van der Waals surface area contributed by atoms with Crippen molar-refractivity contribution in [1.29, 1.82) is 0 Å². The summed E-state index contributed by atoms with van der Waals surface area (Å²) >= 11 is 0. The van der Waals surface area contributed by atoms with Gasteiger partial charge in [0.25, 0.3) is 0 Å². The Kier molecular flexibility index (Phi) is 3.75. The summed E-state index contributed by atoms with van der Waals surface area (Å²) in [6.45, 7) is 2.73. The first-order chi connectivity index (χ1) is 13.9. The number of aliphatic carboxylic acids is 1. The van der Waals surface area contributed by atoms with Crippen molar-refractivity contribution in [3.05, 3.63) is 76.4 Å². The Bertz CT molecular complexity index is 1080. The number of carbonyl (C=O) groups excluding carboxylic acids is 1. The van der Waals surface area contributed by atoms with E-state index >= 15 is 0 Å². The van der Waals surface area contributed by atoms with Crippen LogP contribution in [0.25, 0.3) is 0 Å². The van der Waals surface area contributed by atoms with E-state index in [2.05, 4.69) is 4.90 Å².